The number of benzene rings is 2. The number of carbonyl (C=O) groups is 2. The van der Waals surface area contributed by atoms with Gasteiger partial charge in [0, 0.05) is 11.1 Å². The van der Waals surface area contributed by atoms with Crippen molar-refractivity contribution >= 4 is 11.6 Å². The fourth-order valence-electron chi connectivity index (χ4n) is 4.91. The van der Waals surface area contributed by atoms with Gasteiger partial charge < -0.3 is 10.2 Å². The Morgan fingerprint density at radius 2 is 1.21 bits per heavy atom. The van der Waals surface area contributed by atoms with Crippen LogP contribution in [0.4, 0.5) is 0 Å². The normalized spacial score (nSPS) is 19.1. The Hall–Kier alpha value is -2.56. The van der Waals surface area contributed by atoms with E-state index in [1.807, 2.05) is 36.4 Å². The van der Waals surface area contributed by atoms with Gasteiger partial charge in [-0.05, 0) is 43.6 Å². The van der Waals surface area contributed by atoms with Crippen LogP contribution in [-0.4, -0.2) is 34.0 Å². The van der Waals surface area contributed by atoms with E-state index in [2.05, 4.69) is 6.08 Å². The van der Waals surface area contributed by atoms with Gasteiger partial charge in [0.1, 0.15) is 6.10 Å². The van der Waals surface area contributed by atoms with Crippen molar-refractivity contribution in [1.82, 2.24) is 0 Å². The van der Waals surface area contributed by atoms with Crippen LogP contribution in [0.3, 0.4) is 0 Å². The molecule has 0 heterocycles. The SMILES string of the molecule is O=C(/C=C/C1CCCCC1)c1ccccc1.O=C(c1ccccc1)[C@H](O)[C@@H](O)C1CCCCC1. The summed E-state index contributed by atoms with van der Waals surface area (Å²) < 4.78 is 0. The molecular weight excluding hydrogens is 424 g/mol. The highest BCUT2D eigenvalue weighted by atomic mass is 16.3. The summed E-state index contributed by atoms with van der Waals surface area (Å²) >= 11 is 0. The average Bonchev–Trinajstić information content (AvgIpc) is 2.93. The lowest BCUT2D eigenvalue weighted by Crippen LogP contribution is -2.40. The van der Waals surface area contributed by atoms with Gasteiger partial charge in [0.15, 0.2) is 11.6 Å². The van der Waals surface area contributed by atoms with Gasteiger partial charge in [0.05, 0.1) is 6.10 Å². The number of carbonyl (C=O) groups excluding carboxylic acids is 2. The van der Waals surface area contributed by atoms with Gasteiger partial charge in [-0.15, -0.1) is 0 Å². The van der Waals surface area contributed by atoms with Crippen LogP contribution in [-0.2, 0) is 0 Å². The molecule has 0 unspecified atom stereocenters. The number of Topliss-reactive ketones (excluding diaryl/α,β-unsaturated/α-hetero) is 1. The van der Waals surface area contributed by atoms with Crippen LogP contribution < -0.4 is 0 Å². The third-order valence-corrected chi connectivity index (χ3v) is 7.01. The molecule has 2 N–H and O–H groups in total. The van der Waals surface area contributed by atoms with Crippen molar-refractivity contribution in [3.05, 3.63) is 83.9 Å². The Morgan fingerprint density at radius 1 is 0.706 bits per heavy atom. The second-order valence-corrected chi connectivity index (χ2v) is 9.55. The van der Waals surface area contributed by atoms with Crippen LogP contribution in [0, 0.1) is 11.8 Å². The molecule has 2 saturated carbocycles. The number of hydrogen-bond acceptors (Lipinski definition) is 4. The lowest BCUT2D eigenvalue weighted by atomic mass is 9.82. The van der Waals surface area contributed by atoms with Crippen LogP contribution in [0.15, 0.2) is 72.8 Å². The average molecular weight is 463 g/mol. The van der Waals surface area contributed by atoms with E-state index in [4.69, 9.17) is 0 Å². The molecule has 2 atom stereocenters. The monoisotopic (exact) mass is 462 g/mol. The summed E-state index contributed by atoms with van der Waals surface area (Å²) in [5.74, 6) is 0.433. The zero-order chi connectivity index (χ0) is 24.2. The van der Waals surface area contributed by atoms with E-state index in [9.17, 15) is 19.8 Å². The first kappa shape index (κ1) is 26.1. The van der Waals surface area contributed by atoms with Crippen molar-refractivity contribution in [2.75, 3.05) is 0 Å². The van der Waals surface area contributed by atoms with E-state index in [0.29, 0.717) is 11.5 Å². The molecule has 182 valence electrons. The quantitative estimate of drug-likeness (QED) is 0.381. The van der Waals surface area contributed by atoms with E-state index in [0.717, 1.165) is 31.2 Å². The molecule has 0 spiro atoms. The zero-order valence-electron chi connectivity index (χ0n) is 20.0. The lowest BCUT2D eigenvalue weighted by molar-refractivity contribution is -0.0157. The Morgan fingerprint density at radius 3 is 1.76 bits per heavy atom. The summed E-state index contributed by atoms with van der Waals surface area (Å²) in [4.78, 5) is 23.8. The van der Waals surface area contributed by atoms with Gasteiger partial charge in [-0.2, -0.15) is 0 Å². The molecule has 2 aliphatic carbocycles. The maximum Gasteiger partial charge on any atom is 0.193 e. The zero-order valence-corrected chi connectivity index (χ0v) is 20.0. The van der Waals surface area contributed by atoms with Crippen LogP contribution in [0.1, 0.15) is 84.9 Å². The van der Waals surface area contributed by atoms with Crippen molar-refractivity contribution in [2.24, 2.45) is 11.8 Å². The minimum Gasteiger partial charge on any atom is -0.390 e. The first-order valence-electron chi connectivity index (χ1n) is 12.8. The van der Waals surface area contributed by atoms with E-state index < -0.39 is 12.2 Å². The fraction of sp³-hybridized carbons (Fsp3) is 0.467. The van der Waals surface area contributed by atoms with Gasteiger partial charge in [-0.1, -0.05) is 105 Å². The molecule has 2 aromatic carbocycles. The predicted octanol–water partition coefficient (Wildman–Crippen LogP) is 6.18. The largest absolute Gasteiger partial charge is 0.390 e. The highest BCUT2D eigenvalue weighted by Gasteiger charge is 2.32. The number of rotatable bonds is 7. The minimum absolute atomic E-state index is 0.0569. The van der Waals surface area contributed by atoms with Crippen molar-refractivity contribution in [2.45, 2.75) is 76.4 Å². The molecule has 0 aliphatic heterocycles. The Bertz CT molecular complexity index is 894. The van der Waals surface area contributed by atoms with E-state index in [1.54, 1.807) is 30.3 Å². The summed E-state index contributed by atoms with van der Waals surface area (Å²) in [7, 11) is 0. The number of allylic oxidation sites excluding steroid dienone is 2. The minimum atomic E-state index is -1.30. The van der Waals surface area contributed by atoms with Gasteiger partial charge in [0.2, 0.25) is 0 Å². The Labute approximate surface area is 203 Å². The molecule has 0 aromatic heterocycles. The summed E-state index contributed by atoms with van der Waals surface area (Å²) in [6.45, 7) is 0. The molecule has 2 aliphatic rings. The summed E-state index contributed by atoms with van der Waals surface area (Å²) in [5.41, 5.74) is 1.24. The number of hydrogen-bond donors (Lipinski definition) is 2. The topological polar surface area (TPSA) is 74.6 Å². The lowest BCUT2D eigenvalue weighted by Gasteiger charge is -2.29. The number of aliphatic hydroxyl groups is 2. The van der Waals surface area contributed by atoms with Gasteiger partial charge in [-0.3, -0.25) is 9.59 Å². The molecule has 0 amide bonds. The smallest absolute Gasteiger partial charge is 0.193 e. The number of aliphatic hydroxyl groups excluding tert-OH is 2. The van der Waals surface area contributed by atoms with Crippen LogP contribution in [0.5, 0.6) is 0 Å². The van der Waals surface area contributed by atoms with E-state index >= 15 is 0 Å². The van der Waals surface area contributed by atoms with Crippen LogP contribution in [0.2, 0.25) is 0 Å². The maximum absolute atomic E-state index is 12.0. The summed E-state index contributed by atoms with van der Waals surface area (Å²) in [6.07, 6.45) is 13.3. The second-order valence-electron chi connectivity index (χ2n) is 9.55. The molecule has 4 rings (SSSR count). The summed E-state index contributed by atoms with van der Waals surface area (Å²) in [5, 5.41) is 20.1. The predicted molar refractivity (Wildman–Crippen MR) is 136 cm³/mol. The molecule has 0 radical (unpaired) electrons. The molecule has 0 saturated heterocycles. The standard InChI is InChI=1S/C15H20O3.C15H18O/c16-13(11-7-3-1-4-8-11)15(18)14(17)12-9-5-2-6-10-12;16-15(14-9-5-2-6-10-14)12-11-13-7-3-1-4-8-13/h1,3-4,7-8,12,14-15,17-18H,2,5-6,9-10H2;2,5-6,9-13H,1,3-4,7-8H2/b;12-11+/t14-,15-;/m0./s1. The van der Waals surface area contributed by atoms with Crippen molar-refractivity contribution in [3.63, 3.8) is 0 Å². The van der Waals surface area contributed by atoms with Crippen molar-refractivity contribution in [3.8, 4) is 0 Å². The van der Waals surface area contributed by atoms with Crippen molar-refractivity contribution < 1.29 is 19.8 Å². The van der Waals surface area contributed by atoms with Crippen molar-refractivity contribution in [1.29, 1.82) is 0 Å². The molecule has 2 aromatic rings. The molecule has 2 fully saturated rings. The van der Waals surface area contributed by atoms with Gasteiger partial charge in [0.25, 0.3) is 0 Å². The highest BCUT2D eigenvalue weighted by Crippen LogP contribution is 2.28. The molecule has 4 nitrogen and oxygen atoms in total. The molecule has 0 bridgehead atoms. The van der Waals surface area contributed by atoms with Crippen LogP contribution in [0.25, 0.3) is 0 Å². The van der Waals surface area contributed by atoms with Crippen LogP contribution >= 0.6 is 0 Å². The molecule has 4 heteroatoms. The Balaban J connectivity index is 0.000000192. The maximum atomic E-state index is 12.0. The van der Waals surface area contributed by atoms with E-state index in [-0.39, 0.29) is 17.5 Å². The Kier molecular flexibility index (Phi) is 10.7. The van der Waals surface area contributed by atoms with Gasteiger partial charge in [-0.25, -0.2) is 0 Å². The first-order chi connectivity index (χ1) is 16.6. The first-order valence-corrected chi connectivity index (χ1v) is 12.8. The molecule has 34 heavy (non-hydrogen) atoms. The summed E-state index contributed by atoms with van der Waals surface area (Å²) in [6, 6.07) is 18.1. The third-order valence-electron chi connectivity index (χ3n) is 7.01. The third kappa shape index (κ3) is 8.03. The molecular formula is C30H38O4. The fourth-order valence-corrected chi connectivity index (χ4v) is 4.91. The van der Waals surface area contributed by atoms with E-state index in [1.165, 1.54) is 38.5 Å². The number of ketones is 2. The van der Waals surface area contributed by atoms with Gasteiger partial charge >= 0.3 is 0 Å². The highest BCUT2D eigenvalue weighted by molar-refractivity contribution is 6.04. The second kappa shape index (κ2) is 14.0.